The van der Waals surface area contributed by atoms with Gasteiger partial charge >= 0.3 is 18.1 Å². The highest BCUT2D eigenvalue weighted by atomic mass is 19.4. The van der Waals surface area contributed by atoms with Crippen molar-refractivity contribution >= 4 is 23.8 Å². The monoisotopic (exact) mass is 434 g/mol. The number of hydrogen-bond donors (Lipinski definition) is 3. The molecule has 4 N–H and O–H groups in total. The number of amides is 2. The lowest BCUT2D eigenvalue weighted by atomic mass is 9.86. The summed E-state index contributed by atoms with van der Waals surface area (Å²) in [5.41, 5.74) is 4.08. The summed E-state index contributed by atoms with van der Waals surface area (Å²) in [6.45, 7) is 1.25. The molecule has 2 amide bonds. The highest BCUT2D eigenvalue weighted by Gasteiger charge is 2.42. The molecule has 1 aromatic rings. The van der Waals surface area contributed by atoms with E-state index < -0.39 is 59.5 Å². The van der Waals surface area contributed by atoms with E-state index in [4.69, 9.17) is 5.73 Å². The minimum Gasteiger partial charge on any atom is -0.468 e. The fourth-order valence-electron chi connectivity index (χ4n) is 2.67. The van der Waals surface area contributed by atoms with Gasteiger partial charge in [-0.1, -0.05) is 19.1 Å². The molecule has 1 aromatic carbocycles. The van der Waals surface area contributed by atoms with Crippen LogP contribution in [0.1, 0.15) is 24.2 Å². The fraction of sp³-hybridized carbons (Fsp3) is 0.444. The number of benzene rings is 1. The average molecular weight is 434 g/mol. The molecule has 0 aromatic heterocycles. The number of carbonyl (C=O) groups excluding carboxylic acids is 4. The molecule has 0 heterocycles. The summed E-state index contributed by atoms with van der Waals surface area (Å²) in [7, 11) is 1.99. The number of halogens is 3. The number of aliphatic hydroxyl groups is 1. The Bertz CT molecular complexity index is 780. The maximum absolute atomic E-state index is 12.6. The van der Waals surface area contributed by atoms with Gasteiger partial charge in [-0.25, -0.2) is 0 Å². The number of nitrogens with two attached hydrogens (primary N) is 1. The Morgan fingerprint density at radius 2 is 1.50 bits per heavy atom. The Morgan fingerprint density at radius 1 is 1.03 bits per heavy atom. The summed E-state index contributed by atoms with van der Waals surface area (Å²) >= 11 is 0. The quantitative estimate of drug-likeness (QED) is 0.394. The van der Waals surface area contributed by atoms with E-state index >= 15 is 0 Å². The number of methoxy groups -OCH3 is 2. The lowest BCUT2D eigenvalue weighted by Crippen LogP contribution is -2.53. The van der Waals surface area contributed by atoms with Gasteiger partial charge in [0.1, 0.15) is 6.04 Å². The summed E-state index contributed by atoms with van der Waals surface area (Å²) in [6.07, 6.45) is -6.55. The lowest BCUT2D eigenvalue weighted by Gasteiger charge is -2.27. The fourth-order valence-corrected chi connectivity index (χ4v) is 2.67. The zero-order chi connectivity index (χ0) is 23.2. The molecule has 0 radical (unpaired) electrons. The zero-order valence-corrected chi connectivity index (χ0v) is 16.2. The van der Waals surface area contributed by atoms with E-state index in [0.717, 1.165) is 26.4 Å². The standard InChI is InChI=1S/C18H21F3N2O7/c1-8(11(16(27)29-2)17(28)30-3)12(14(22)25)23-15(26)13(24)9-4-6-10(7-5-9)18(19,20)21/h4-8,11-13,24H,1-3H3,(H2,22,25)(H,23,26)/t8-,12+,13+/m0/s1. The first-order valence-corrected chi connectivity index (χ1v) is 8.45. The first-order valence-electron chi connectivity index (χ1n) is 8.45. The Balaban J connectivity index is 3.06. The molecule has 0 saturated heterocycles. The first kappa shape index (κ1) is 24.9. The third-order valence-electron chi connectivity index (χ3n) is 4.37. The second kappa shape index (κ2) is 10.1. The molecule has 0 spiro atoms. The van der Waals surface area contributed by atoms with Gasteiger partial charge in [0.25, 0.3) is 5.91 Å². The molecule has 0 saturated carbocycles. The van der Waals surface area contributed by atoms with E-state index in [1.54, 1.807) is 0 Å². The molecule has 0 aliphatic carbocycles. The van der Waals surface area contributed by atoms with Crippen LogP contribution in [0.4, 0.5) is 13.2 Å². The number of rotatable bonds is 8. The molecule has 3 atom stereocenters. The second-order valence-corrected chi connectivity index (χ2v) is 6.29. The van der Waals surface area contributed by atoms with Crippen LogP contribution in [0.5, 0.6) is 0 Å². The summed E-state index contributed by atoms with van der Waals surface area (Å²) in [6, 6.07) is 1.52. The van der Waals surface area contributed by atoms with Gasteiger partial charge in [-0.05, 0) is 17.7 Å². The number of primary amides is 1. The van der Waals surface area contributed by atoms with Gasteiger partial charge in [0.2, 0.25) is 5.91 Å². The van der Waals surface area contributed by atoms with E-state index in [2.05, 4.69) is 14.8 Å². The topological polar surface area (TPSA) is 145 Å². The van der Waals surface area contributed by atoms with Crippen molar-refractivity contribution in [2.24, 2.45) is 17.6 Å². The van der Waals surface area contributed by atoms with Gasteiger partial charge in [-0.15, -0.1) is 0 Å². The molecule has 0 unspecified atom stereocenters. The molecule has 166 valence electrons. The summed E-state index contributed by atoms with van der Waals surface area (Å²) < 4.78 is 46.9. The van der Waals surface area contributed by atoms with Gasteiger partial charge in [0.05, 0.1) is 19.8 Å². The van der Waals surface area contributed by atoms with Crippen molar-refractivity contribution in [1.29, 1.82) is 0 Å². The number of alkyl halides is 3. The summed E-state index contributed by atoms with van der Waals surface area (Å²) in [5, 5.41) is 12.2. The van der Waals surface area contributed by atoms with Crippen molar-refractivity contribution in [3.05, 3.63) is 35.4 Å². The third-order valence-corrected chi connectivity index (χ3v) is 4.37. The molecule has 0 bridgehead atoms. The predicted octanol–water partition coefficient (Wildman–Crippen LogP) is 0.307. The van der Waals surface area contributed by atoms with E-state index in [1.165, 1.54) is 6.92 Å². The number of esters is 2. The van der Waals surface area contributed by atoms with Crippen LogP contribution in [0.25, 0.3) is 0 Å². The average Bonchev–Trinajstić information content (AvgIpc) is 2.69. The van der Waals surface area contributed by atoms with Gasteiger partial charge in [-0.3, -0.25) is 19.2 Å². The van der Waals surface area contributed by atoms with Crippen LogP contribution in [0.3, 0.4) is 0 Å². The largest absolute Gasteiger partial charge is 0.468 e. The van der Waals surface area contributed by atoms with Gasteiger partial charge in [0.15, 0.2) is 12.0 Å². The normalized spacial score (nSPS) is 14.4. The number of hydrogen-bond acceptors (Lipinski definition) is 7. The van der Waals surface area contributed by atoms with E-state index in [9.17, 15) is 37.5 Å². The Hall–Kier alpha value is -3.15. The highest BCUT2D eigenvalue weighted by Crippen LogP contribution is 2.30. The lowest BCUT2D eigenvalue weighted by molar-refractivity contribution is -0.162. The number of carbonyl (C=O) groups is 4. The Kier molecular flexibility index (Phi) is 8.34. The Labute approximate surface area is 169 Å². The van der Waals surface area contributed by atoms with Crippen LogP contribution < -0.4 is 11.1 Å². The molecule has 9 nitrogen and oxygen atoms in total. The molecular formula is C18H21F3N2O7. The van der Waals surface area contributed by atoms with Gasteiger partial charge < -0.3 is 25.6 Å². The Morgan fingerprint density at radius 3 is 1.87 bits per heavy atom. The van der Waals surface area contributed by atoms with Crippen molar-refractivity contribution in [2.45, 2.75) is 25.2 Å². The van der Waals surface area contributed by atoms with E-state index in [1.807, 2.05) is 0 Å². The van der Waals surface area contributed by atoms with Crippen LogP contribution in [0, 0.1) is 11.8 Å². The van der Waals surface area contributed by atoms with Crippen molar-refractivity contribution in [3.63, 3.8) is 0 Å². The third kappa shape index (κ3) is 5.92. The van der Waals surface area contributed by atoms with Crippen LogP contribution in [0.2, 0.25) is 0 Å². The molecular weight excluding hydrogens is 413 g/mol. The molecule has 12 heteroatoms. The second-order valence-electron chi connectivity index (χ2n) is 6.29. The maximum atomic E-state index is 12.6. The predicted molar refractivity (Wildman–Crippen MR) is 94.2 cm³/mol. The minimum atomic E-state index is -4.60. The molecule has 30 heavy (non-hydrogen) atoms. The molecule has 0 aliphatic rings. The summed E-state index contributed by atoms with van der Waals surface area (Å²) in [5.74, 6) is -7.24. The first-order chi connectivity index (χ1) is 13.8. The maximum Gasteiger partial charge on any atom is 0.416 e. The van der Waals surface area contributed by atoms with Crippen LogP contribution >= 0.6 is 0 Å². The van der Waals surface area contributed by atoms with Crippen LogP contribution in [0.15, 0.2) is 24.3 Å². The number of ether oxygens (including phenoxy) is 2. The van der Waals surface area contributed by atoms with Crippen molar-refractivity contribution in [3.8, 4) is 0 Å². The van der Waals surface area contributed by atoms with Crippen molar-refractivity contribution < 1.29 is 46.9 Å². The van der Waals surface area contributed by atoms with Gasteiger partial charge in [-0.2, -0.15) is 13.2 Å². The number of aliphatic hydroxyl groups excluding tert-OH is 1. The van der Waals surface area contributed by atoms with Crippen molar-refractivity contribution in [1.82, 2.24) is 5.32 Å². The van der Waals surface area contributed by atoms with Crippen molar-refractivity contribution in [2.75, 3.05) is 14.2 Å². The molecule has 1 rings (SSSR count). The summed E-state index contributed by atoms with van der Waals surface area (Å²) in [4.78, 5) is 47.9. The molecule has 0 fully saturated rings. The van der Waals surface area contributed by atoms with Crippen LogP contribution in [-0.4, -0.2) is 49.1 Å². The van der Waals surface area contributed by atoms with E-state index in [-0.39, 0.29) is 5.56 Å². The van der Waals surface area contributed by atoms with Gasteiger partial charge in [0, 0.05) is 5.92 Å². The number of nitrogens with one attached hydrogen (secondary N) is 1. The van der Waals surface area contributed by atoms with Crippen LogP contribution in [-0.2, 0) is 34.8 Å². The molecule has 0 aliphatic heterocycles. The minimum absolute atomic E-state index is 0.186. The smallest absolute Gasteiger partial charge is 0.416 e. The highest BCUT2D eigenvalue weighted by molar-refractivity contribution is 5.97. The SMILES string of the molecule is COC(=O)C(C(=O)OC)[C@H](C)[C@@H](NC(=O)[C@H](O)c1ccc(C(F)(F)F)cc1)C(N)=O. The van der Waals surface area contributed by atoms with E-state index in [0.29, 0.717) is 12.1 Å². The zero-order valence-electron chi connectivity index (χ0n) is 16.2.